The van der Waals surface area contributed by atoms with Crippen LogP contribution in [-0.2, 0) is 9.53 Å². The molecule has 2 aromatic rings. The maximum Gasteiger partial charge on any atom is 0.438 e. The summed E-state index contributed by atoms with van der Waals surface area (Å²) in [6.07, 6.45) is -5.32. The molecule has 6 nitrogen and oxygen atoms in total. The normalized spacial score (nSPS) is 13.3. The fraction of sp³-hybridized carbons (Fsp3) is 0.176. The minimum absolute atomic E-state index is 0.0915. The minimum atomic E-state index is -5.32. The predicted octanol–water partition coefficient (Wildman–Crippen LogP) is 4.42. The first kappa shape index (κ1) is 23.1. The first-order valence-electron chi connectivity index (χ1n) is 7.71. The lowest BCUT2D eigenvalue weighted by atomic mass is 10.1. The van der Waals surface area contributed by atoms with Crippen LogP contribution in [0.25, 0.3) is 0 Å². The van der Waals surface area contributed by atoms with Gasteiger partial charge in [-0.3, -0.25) is 4.79 Å². The molecule has 1 amide bonds. The second-order valence-corrected chi connectivity index (χ2v) is 6.86. The molecule has 2 rings (SSSR count). The van der Waals surface area contributed by atoms with E-state index >= 15 is 0 Å². The highest BCUT2D eigenvalue weighted by Gasteiger charge is 2.63. The van der Waals surface area contributed by atoms with E-state index in [1.165, 1.54) is 36.4 Å². The molecule has 0 saturated carbocycles. The van der Waals surface area contributed by atoms with Crippen LogP contribution in [0.1, 0.15) is 10.4 Å². The SMILES string of the molecule is COC(=O)C(NNc1cccc(Cl)c1)(NC(=O)c1ccc(Cl)cc1Cl)C(F)(F)F. The fourth-order valence-electron chi connectivity index (χ4n) is 2.19. The molecule has 1 unspecified atom stereocenters. The van der Waals surface area contributed by atoms with Crippen molar-refractivity contribution in [3.8, 4) is 0 Å². The average molecular weight is 471 g/mol. The summed E-state index contributed by atoms with van der Waals surface area (Å²) in [7, 11) is 0.741. The van der Waals surface area contributed by atoms with Gasteiger partial charge in [-0.05, 0) is 36.4 Å². The lowest BCUT2D eigenvalue weighted by molar-refractivity contribution is -0.215. The molecule has 29 heavy (non-hydrogen) atoms. The van der Waals surface area contributed by atoms with E-state index in [9.17, 15) is 22.8 Å². The Morgan fingerprint density at radius 2 is 1.66 bits per heavy atom. The molecular weight excluding hydrogens is 458 g/mol. The zero-order valence-electron chi connectivity index (χ0n) is 14.5. The van der Waals surface area contributed by atoms with Gasteiger partial charge in [0.1, 0.15) is 0 Å². The van der Waals surface area contributed by atoms with E-state index in [2.05, 4.69) is 10.2 Å². The lowest BCUT2D eigenvalue weighted by Gasteiger charge is -2.34. The van der Waals surface area contributed by atoms with Crippen molar-refractivity contribution in [2.45, 2.75) is 11.8 Å². The number of halogens is 6. The molecular formula is C17H13Cl3F3N3O3. The third-order valence-corrected chi connectivity index (χ3v) is 4.40. The molecule has 3 N–H and O–H groups in total. The summed E-state index contributed by atoms with van der Waals surface area (Å²) in [5.41, 5.74) is 0.102. The van der Waals surface area contributed by atoms with Gasteiger partial charge in [0.25, 0.3) is 5.91 Å². The molecule has 0 bridgehead atoms. The van der Waals surface area contributed by atoms with Gasteiger partial charge in [-0.2, -0.15) is 18.6 Å². The number of nitrogens with one attached hydrogen (secondary N) is 3. The van der Waals surface area contributed by atoms with Crippen molar-refractivity contribution >= 4 is 52.4 Å². The molecule has 0 aromatic heterocycles. The maximum absolute atomic E-state index is 13.9. The molecule has 0 aliphatic heterocycles. The Kier molecular flexibility index (Phi) is 7.23. The van der Waals surface area contributed by atoms with Crippen LogP contribution in [0.2, 0.25) is 15.1 Å². The number of anilines is 1. The molecule has 0 aliphatic rings. The summed E-state index contributed by atoms with van der Waals surface area (Å²) < 4.78 is 46.1. The first-order chi connectivity index (χ1) is 13.5. The number of benzene rings is 2. The number of rotatable bonds is 6. The Morgan fingerprint density at radius 3 is 2.21 bits per heavy atom. The second kappa shape index (κ2) is 9.08. The number of ether oxygens (including phenoxy) is 1. The lowest BCUT2D eigenvalue weighted by Crippen LogP contribution is -2.73. The topological polar surface area (TPSA) is 79.5 Å². The van der Waals surface area contributed by atoms with Crippen molar-refractivity contribution in [2.75, 3.05) is 12.5 Å². The van der Waals surface area contributed by atoms with Crippen molar-refractivity contribution in [2.24, 2.45) is 0 Å². The molecule has 0 radical (unpaired) electrons. The molecule has 1 atom stereocenters. The molecule has 0 heterocycles. The molecule has 0 aliphatic carbocycles. The van der Waals surface area contributed by atoms with Crippen molar-refractivity contribution < 1.29 is 27.5 Å². The Balaban J connectivity index is 2.42. The Bertz CT molecular complexity index is 928. The number of hydrogen-bond donors (Lipinski definition) is 3. The van der Waals surface area contributed by atoms with E-state index in [0.717, 1.165) is 13.2 Å². The van der Waals surface area contributed by atoms with E-state index in [0.29, 0.717) is 0 Å². The summed E-state index contributed by atoms with van der Waals surface area (Å²) in [6.45, 7) is 0. The van der Waals surface area contributed by atoms with Crippen molar-refractivity contribution in [1.82, 2.24) is 10.7 Å². The van der Waals surface area contributed by atoms with Crippen molar-refractivity contribution in [3.05, 3.63) is 63.1 Å². The van der Waals surface area contributed by atoms with Gasteiger partial charge < -0.3 is 15.5 Å². The van der Waals surface area contributed by atoms with E-state index in [-0.39, 0.29) is 26.3 Å². The third kappa shape index (κ3) is 5.24. The van der Waals surface area contributed by atoms with Crippen LogP contribution in [-0.4, -0.2) is 30.8 Å². The van der Waals surface area contributed by atoms with Gasteiger partial charge >= 0.3 is 17.8 Å². The highest BCUT2D eigenvalue weighted by Crippen LogP contribution is 2.31. The first-order valence-corrected chi connectivity index (χ1v) is 8.85. The molecule has 12 heteroatoms. The number of esters is 1. The number of carbonyl (C=O) groups excluding carboxylic acids is 2. The number of methoxy groups -OCH3 is 1. The summed E-state index contributed by atoms with van der Waals surface area (Å²) in [5.74, 6) is -3.12. The summed E-state index contributed by atoms with van der Waals surface area (Å²) >= 11 is 17.4. The van der Waals surface area contributed by atoms with Gasteiger partial charge in [0.2, 0.25) is 0 Å². The highest BCUT2D eigenvalue weighted by atomic mass is 35.5. The zero-order valence-corrected chi connectivity index (χ0v) is 16.8. The largest absolute Gasteiger partial charge is 0.466 e. The summed E-state index contributed by atoms with van der Waals surface area (Å²) in [5, 5.41) is 1.80. The van der Waals surface area contributed by atoms with Gasteiger partial charge in [0.15, 0.2) is 0 Å². The summed E-state index contributed by atoms with van der Waals surface area (Å²) in [4.78, 5) is 24.6. The van der Waals surface area contributed by atoms with E-state index in [1.54, 1.807) is 10.7 Å². The predicted molar refractivity (Wildman–Crippen MR) is 103 cm³/mol. The van der Waals surface area contributed by atoms with E-state index in [4.69, 9.17) is 34.8 Å². The number of amides is 1. The van der Waals surface area contributed by atoms with Crippen LogP contribution in [0.3, 0.4) is 0 Å². The van der Waals surface area contributed by atoms with Crippen LogP contribution < -0.4 is 16.2 Å². The molecule has 0 spiro atoms. The number of hydrazine groups is 1. The van der Waals surface area contributed by atoms with Gasteiger partial charge in [0, 0.05) is 10.0 Å². The number of carbonyl (C=O) groups is 2. The third-order valence-electron chi connectivity index (χ3n) is 3.61. The maximum atomic E-state index is 13.9. The highest BCUT2D eigenvalue weighted by molar-refractivity contribution is 6.36. The quantitative estimate of drug-likeness (QED) is 0.331. The Morgan fingerprint density at radius 1 is 1.00 bits per heavy atom. The van der Waals surface area contributed by atoms with Gasteiger partial charge in [-0.15, -0.1) is 0 Å². The van der Waals surface area contributed by atoms with Crippen LogP contribution in [0.4, 0.5) is 18.9 Å². The number of hydrogen-bond acceptors (Lipinski definition) is 5. The standard InChI is InChI=1S/C17H13Cl3F3N3O3/c1-29-15(28)16(17(21,22)23,26-25-11-4-2-3-9(18)7-11)24-14(27)12-6-5-10(19)8-13(12)20/h2-8,25-26H,1H3,(H,24,27). The van der Waals surface area contributed by atoms with E-state index in [1.807, 2.05) is 0 Å². The minimum Gasteiger partial charge on any atom is -0.466 e. The van der Waals surface area contributed by atoms with Crippen LogP contribution >= 0.6 is 34.8 Å². The Hall–Kier alpha value is -2.20. The van der Waals surface area contributed by atoms with Gasteiger partial charge in [-0.25, -0.2) is 4.79 Å². The van der Waals surface area contributed by atoms with Crippen molar-refractivity contribution in [1.29, 1.82) is 0 Å². The molecule has 2 aromatic carbocycles. The summed E-state index contributed by atoms with van der Waals surface area (Å²) in [6, 6.07) is 9.18. The smallest absolute Gasteiger partial charge is 0.438 e. The zero-order chi connectivity index (χ0) is 21.8. The van der Waals surface area contributed by atoms with Gasteiger partial charge in [0.05, 0.1) is 23.4 Å². The van der Waals surface area contributed by atoms with Crippen LogP contribution in [0, 0.1) is 0 Å². The Labute approximate surface area is 178 Å². The average Bonchev–Trinajstić information content (AvgIpc) is 2.63. The fourth-order valence-corrected chi connectivity index (χ4v) is 2.87. The van der Waals surface area contributed by atoms with Crippen LogP contribution in [0.15, 0.2) is 42.5 Å². The van der Waals surface area contributed by atoms with Gasteiger partial charge in [-0.1, -0.05) is 40.9 Å². The molecule has 0 saturated heterocycles. The second-order valence-electron chi connectivity index (χ2n) is 5.58. The van der Waals surface area contributed by atoms with E-state index < -0.39 is 23.7 Å². The van der Waals surface area contributed by atoms with Crippen molar-refractivity contribution in [3.63, 3.8) is 0 Å². The van der Waals surface area contributed by atoms with Crippen LogP contribution in [0.5, 0.6) is 0 Å². The molecule has 156 valence electrons. The number of alkyl halides is 3. The monoisotopic (exact) mass is 469 g/mol. The molecule has 0 fully saturated rings.